The molecule has 0 unspecified atom stereocenters. The van der Waals surface area contributed by atoms with Gasteiger partial charge in [-0.15, -0.1) is 0 Å². The predicted octanol–water partition coefficient (Wildman–Crippen LogP) is 2.56. The van der Waals surface area contributed by atoms with Crippen molar-refractivity contribution in [2.24, 2.45) is 4.99 Å². The number of carbonyl (C=O) groups excluding carboxylic acids is 1. The Hall–Kier alpha value is -1.63. The molecule has 0 spiro atoms. The van der Waals surface area contributed by atoms with Gasteiger partial charge in [0.2, 0.25) is 5.91 Å². The fourth-order valence-electron chi connectivity index (χ4n) is 1.80. The van der Waals surface area contributed by atoms with Gasteiger partial charge in [0, 0.05) is 22.1 Å². The van der Waals surface area contributed by atoms with Crippen molar-refractivity contribution in [2.75, 3.05) is 13.1 Å². The van der Waals surface area contributed by atoms with Crippen molar-refractivity contribution in [3.05, 3.63) is 34.1 Å². The lowest BCUT2D eigenvalue weighted by atomic mass is 10.1. The van der Waals surface area contributed by atoms with Crippen molar-refractivity contribution in [1.82, 2.24) is 16.0 Å². The molecule has 0 aliphatic carbocycles. The Morgan fingerprint density at radius 2 is 2.00 bits per heavy atom. The molecule has 1 rings (SSSR count). The van der Waals surface area contributed by atoms with Crippen LogP contribution in [0.15, 0.2) is 27.7 Å². The topological polar surface area (TPSA) is 65.5 Å². The molecular formula is C16H24BrFN4O. The average Bonchev–Trinajstić information content (AvgIpc) is 2.43. The Bertz CT molecular complexity index is 570. The standard InChI is InChI=1S/C16H24BrFN4O/c1-5-19-15(21-10-14(23)22-16(2,3)4)20-9-11-8-12(17)6-7-13(11)18/h6-8H,5,9-10H2,1-4H3,(H,22,23)(H2,19,20,21). The summed E-state index contributed by atoms with van der Waals surface area (Å²) in [6, 6.07) is 4.73. The molecule has 0 aromatic heterocycles. The van der Waals surface area contributed by atoms with Gasteiger partial charge < -0.3 is 16.0 Å². The summed E-state index contributed by atoms with van der Waals surface area (Å²) < 4.78 is 14.5. The van der Waals surface area contributed by atoms with E-state index in [4.69, 9.17) is 0 Å². The molecule has 0 fully saturated rings. The molecule has 0 bridgehead atoms. The number of carbonyl (C=O) groups is 1. The second kappa shape index (κ2) is 8.86. The minimum Gasteiger partial charge on any atom is -0.357 e. The highest BCUT2D eigenvalue weighted by molar-refractivity contribution is 9.10. The molecular weight excluding hydrogens is 363 g/mol. The van der Waals surface area contributed by atoms with Crippen molar-refractivity contribution in [1.29, 1.82) is 0 Å². The molecule has 1 aromatic rings. The first-order valence-electron chi connectivity index (χ1n) is 7.48. The van der Waals surface area contributed by atoms with Crippen LogP contribution in [0.2, 0.25) is 0 Å². The zero-order chi connectivity index (χ0) is 17.5. The maximum absolute atomic E-state index is 13.7. The SMILES string of the molecule is CCNC(=NCc1cc(Br)ccc1F)NCC(=O)NC(C)(C)C. The third kappa shape index (κ3) is 7.97. The van der Waals surface area contributed by atoms with Crippen LogP contribution in [0.3, 0.4) is 0 Å². The summed E-state index contributed by atoms with van der Waals surface area (Å²) in [7, 11) is 0. The van der Waals surface area contributed by atoms with Crippen LogP contribution in [0.1, 0.15) is 33.3 Å². The molecule has 128 valence electrons. The molecule has 1 amide bonds. The highest BCUT2D eigenvalue weighted by atomic mass is 79.9. The van der Waals surface area contributed by atoms with E-state index in [1.165, 1.54) is 6.07 Å². The Labute approximate surface area is 145 Å². The highest BCUT2D eigenvalue weighted by Gasteiger charge is 2.13. The van der Waals surface area contributed by atoms with Crippen LogP contribution in [0.25, 0.3) is 0 Å². The first kappa shape index (κ1) is 19.4. The molecule has 5 nitrogen and oxygen atoms in total. The fourth-order valence-corrected chi connectivity index (χ4v) is 2.21. The number of rotatable bonds is 5. The van der Waals surface area contributed by atoms with Gasteiger partial charge in [0.25, 0.3) is 0 Å². The maximum atomic E-state index is 13.7. The van der Waals surface area contributed by atoms with E-state index < -0.39 is 0 Å². The smallest absolute Gasteiger partial charge is 0.239 e. The lowest BCUT2D eigenvalue weighted by molar-refractivity contribution is -0.121. The fraction of sp³-hybridized carbons (Fsp3) is 0.500. The number of nitrogens with one attached hydrogen (secondary N) is 3. The van der Waals surface area contributed by atoms with Crippen LogP contribution in [-0.2, 0) is 11.3 Å². The first-order chi connectivity index (χ1) is 10.7. The van der Waals surface area contributed by atoms with Gasteiger partial charge in [0.15, 0.2) is 5.96 Å². The first-order valence-corrected chi connectivity index (χ1v) is 8.27. The highest BCUT2D eigenvalue weighted by Crippen LogP contribution is 2.16. The molecule has 7 heteroatoms. The number of amides is 1. The molecule has 0 aliphatic heterocycles. The summed E-state index contributed by atoms with van der Waals surface area (Å²) in [6.45, 7) is 8.60. The summed E-state index contributed by atoms with van der Waals surface area (Å²) in [4.78, 5) is 16.1. The van der Waals surface area contributed by atoms with Gasteiger partial charge in [-0.25, -0.2) is 9.38 Å². The predicted molar refractivity (Wildman–Crippen MR) is 94.8 cm³/mol. The van der Waals surface area contributed by atoms with Crippen LogP contribution in [-0.4, -0.2) is 30.5 Å². The summed E-state index contributed by atoms with van der Waals surface area (Å²) in [5.41, 5.74) is 0.198. The maximum Gasteiger partial charge on any atom is 0.239 e. The molecule has 1 aromatic carbocycles. The number of halogens is 2. The molecule has 23 heavy (non-hydrogen) atoms. The van der Waals surface area contributed by atoms with Crippen molar-refractivity contribution in [3.8, 4) is 0 Å². The summed E-state index contributed by atoms with van der Waals surface area (Å²) in [6.07, 6.45) is 0. The quantitative estimate of drug-likeness (QED) is 0.538. The average molecular weight is 387 g/mol. The van der Waals surface area contributed by atoms with Crippen LogP contribution in [0, 0.1) is 5.82 Å². The molecule has 0 saturated carbocycles. The number of benzene rings is 1. The largest absolute Gasteiger partial charge is 0.357 e. The molecule has 0 radical (unpaired) electrons. The normalized spacial score (nSPS) is 12.0. The van der Waals surface area contributed by atoms with Gasteiger partial charge in [-0.3, -0.25) is 4.79 Å². The Kier molecular flexibility index (Phi) is 7.48. The number of nitrogens with zero attached hydrogens (tertiary/aromatic N) is 1. The second-order valence-corrected chi connectivity index (χ2v) is 7.00. The minimum absolute atomic E-state index is 0.101. The second-order valence-electron chi connectivity index (χ2n) is 6.08. The number of guanidine groups is 1. The minimum atomic E-state index is -0.307. The lowest BCUT2D eigenvalue weighted by Crippen LogP contribution is -2.48. The van der Waals surface area contributed by atoms with E-state index >= 15 is 0 Å². The van der Waals surface area contributed by atoms with Crippen molar-refractivity contribution in [3.63, 3.8) is 0 Å². The van der Waals surface area contributed by atoms with Gasteiger partial charge in [0.05, 0.1) is 13.1 Å². The van der Waals surface area contributed by atoms with E-state index in [2.05, 4.69) is 36.9 Å². The monoisotopic (exact) mass is 386 g/mol. The van der Waals surface area contributed by atoms with E-state index in [0.717, 1.165) is 4.47 Å². The third-order valence-corrected chi connectivity index (χ3v) is 3.18. The molecule has 3 N–H and O–H groups in total. The van der Waals surface area contributed by atoms with Crippen molar-refractivity contribution < 1.29 is 9.18 Å². The number of aliphatic imine (C=N–C) groups is 1. The van der Waals surface area contributed by atoms with E-state index in [1.54, 1.807) is 12.1 Å². The van der Waals surface area contributed by atoms with Gasteiger partial charge in [0.1, 0.15) is 5.82 Å². The zero-order valence-corrected chi connectivity index (χ0v) is 15.6. The summed E-state index contributed by atoms with van der Waals surface area (Å²) in [5, 5.41) is 8.83. The Morgan fingerprint density at radius 1 is 1.30 bits per heavy atom. The van der Waals surface area contributed by atoms with E-state index in [0.29, 0.717) is 18.1 Å². The van der Waals surface area contributed by atoms with Crippen LogP contribution in [0.5, 0.6) is 0 Å². The van der Waals surface area contributed by atoms with E-state index in [9.17, 15) is 9.18 Å². The Morgan fingerprint density at radius 3 is 2.61 bits per heavy atom. The molecule has 0 atom stereocenters. The van der Waals surface area contributed by atoms with Crippen LogP contribution >= 0.6 is 15.9 Å². The zero-order valence-electron chi connectivity index (χ0n) is 14.0. The van der Waals surface area contributed by atoms with Gasteiger partial charge >= 0.3 is 0 Å². The number of hydrogen-bond acceptors (Lipinski definition) is 2. The number of hydrogen-bond donors (Lipinski definition) is 3. The summed E-state index contributed by atoms with van der Waals surface area (Å²) in [5.74, 6) is 0.0333. The molecule has 0 heterocycles. The lowest BCUT2D eigenvalue weighted by Gasteiger charge is -2.21. The van der Waals surface area contributed by atoms with E-state index in [-0.39, 0.29) is 30.4 Å². The van der Waals surface area contributed by atoms with Crippen LogP contribution in [0.4, 0.5) is 4.39 Å². The molecule has 0 aliphatic rings. The van der Waals surface area contributed by atoms with Gasteiger partial charge in [-0.2, -0.15) is 0 Å². The van der Waals surface area contributed by atoms with E-state index in [1.807, 2.05) is 27.7 Å². The molecule has 0 saturated heterocycles. The van der Waals surface area contributed by atoms with Crippen molar-refractivity contribution >= 4 is 27.8 Å². The van der Waals surface area contributed by atoms with Gasteiger partial charge in [-0.1, -0.05) is 15.9 Å². The third-order valence-electron chi connectivity index (χ3n) is 2.69. The Balaban J connectivity index is 2.66. The van der Waals surface area contributed by atoms with Gasteiger partial charge in [-0.05, 0) is 45.9 Å². The van der Waals surface area contributed by atoms with Crippen molar-refractivity contribution in [2.45, 2.75) is 39.8 Å². The van der Waals surface area contributed by atoms with Crippen LogP contribution < -0.4 is 16.0 Å². The summed E-state index contributed by atoms with van der Waals surface area (Å²) >= 11 is 3.31.